The third-order valence-electron chi connectivity index (χ3n) is 5.48. The molecular formula is C23H25N3O3S2. The Morgan fingerprint density at radius 2 is 2.03 bits per heavy atom. The zero-order valence-corrected chi connectivity index (χ0v) is 19.7. The Hall–Kier alpha value is -2.55. The van der Waals surface area contributed by atoms with Gasteiger partial charge in [-0.1, -0.05) is 0 Å². The van der Waals surface area contributed by atoms with Gasteiger partial charge in [0.05, 0.1) is 18.3 Å². The summed E-state index contributed by atoms with van der Waals surface area (Å²) in [6.07, 6.45) is 2.37. The van der Waals surface area contributed by atoms with Gasteiger partial charge in [0.2, 0.25) is 0 Å². The van der Waals surface area contributed by atoms with Crippen molar-refractivity contribution in [1.29, 1.82) is 0 Å². The van der Waals surface area contributed by atoms with Gasteiger partial charge in [0.25, 0.3) is 5.56 Å². The number of aromatic nitrogens is 3. The van der Waals surface area contributed by atoms with Crippen LogP contribution < -0.4 is 5.56 Å². The highest BCUT2D eigenvalue weighted by Crippen LogP contribution is 2.34. The number of Topliss-reactive ketones (excluding diaryl/α,β-unsaturated/α-hetero) is 1. The fourth-order valence-electron chi connectivity index (χ4n) is 3.88. The highest BCUT2D eigenvalue weighted by Gasteiger charge is 2.19. The molecular weight excluding hydrogens is 430 g/mol. The normalized spacial score (nSPS) is 11.5. The van der Waals surface area contributed by atoms with Crippen LogP contribution >= 0.6 is 22.7 Å². The second-order valence-corrected chi connectivity index (χ2v) is 9.77. The van der Waals surface area contributed by atoms with Crippen molar-refractivity contribution in [3.8, 4) is 10.4 Å². The van der Waals surface area contributed by atoms with Crippen molar-refractivity contribution in [2.24, 2.45) is 0 Å². The maximum Gasteiger partial charge on any atom is 0.263 e. The van der Waals surface area contributed by atoms with Gasteiger partial charge in [-0.15, -0.1) is 22.7 Å². The fraction of sp³-hybridized carbons (Fsp3) is 0.348. The minimum absolute atomic E-state index is 0.0249. The molecule has 0 N–H and O–H groups in total. The van der Waals surface area contributed by atoms with Crippen LogP contribution in [0.25, 0.3) is 20.7 Å². The van der Waals surface area contributed by atoms with Gasteiger partial charge in [-0.3, -0.25) is 14.2 Å². The molecule has 8 heteroatoms. The number of thiophene rings is 2. The van der Waals surface area contributed by atoms with Gasteiger partial charge in [-0.2, -0.15) is 0 Å². The van der Waals surface area contributed by atoms with E-state index in [0.717, 1.165) is 34.8 Å². The Kier molecular flexibility index (Phi) is 6.22. The second kappa shape index (κ2) is 8.90. The number of hydrogen-bond donors (Lipinski definition) is 0. The number of methoxy groups -OCH3 is 1. The summed E-state index contributed by atoms with van der Waals surface area (Å²) in [6, 6.07) is 5.98. The van der Waals surface area contributed by atoms with Crippen LogP contribution in [0.4, 0.5) is 0 Å². The molecule has 6 nitrogen and oxygen atoms in total. The molecule has 0 fully saturated rings. The smallest absolute Gasteiger partial charge is 0.263 e. The molecule has 4 heterocycles. The maximum absolute atomic E-state index is 13.3. The minimum Gasteiger partial charge on any atom is -0.385 e. The van der Waals surface area contributed by atoms with E-state index in [2.05, 4.69) is 9.55 Å². The molecule has 0 aliphatic rings. The summed E-state index contributed by atoms with van der Waals surface area (Å²) in [7, 11) is 1.69. The van der Waals surface area contributed by atoms with Crippen LogP contribution in [0.1, 0.15) is 33.0 Å². The molecule has 4 aromatic rings. The number of ether oxygens (including phenoxy) is 1. The third kappa shape index (κ3) is 4.15. The predicted molar refractivity (Wildman–Crippen MR) is 127 cm³/mol. The zero-order valence-electron chi connectivity index (χ0n) is 18.1. The number of ketones is 1. The lowest BCUT2D eigenvalue weighted by atomic mass is 10.1. The molecule has 31 heavy (non-hydrogen) atoms. The van der Waals surface area contributed by atoms with Crippen molar-refractivity contribution >= 4 is 38.7 Å². The number of nitrogens with zero attached hydrogens (tertiary/aromatic N) is 3. The summed E-state index contributed by atoms with van der Waals surface area (Å²) in [6.45, 7) is 7.44. The first-order valence-corrected chi connectivity index (χ1v) is 11.8. The Balaban J connectivity index is 1.65. The molecule has 0 aliphatic carbocycles. The van der Waals surface area contributed by atoms with Crippen molar-refractivity contribution in [3.63, 3.8) is 0 Å². The van der Waals surface area contributed by atoms with Crippen LogP contribution in [-0.2, 0) is 17.8 Å². The second-order valence-electron chi connectivity index (χ2n) is 7.62. The van der Waals surface area contributed by atoms with E-state index in [1.165, 1.54) is 27.1 Å². The average Bonchev–Trinajstić information content (AvgIpc) is 3.43. The molecule has 0 saturated carbocycles. The highest BCUT2D eigenvalue weighted by atomic mass is 32.1. The van der Waals surface area contributed by atoms with E-state index in [9.17, 15) is 9.59 Å². The lowest BCUT2D eigenvalue weighted by Crippen LogP contribution is -2.24. The molecule has 4 aromatic heterocycles. The molecule has 0 bridgehead atoms. The number of carbonyl (C=O) groups excluding carboxylic acids is 1. The van der Waals surface area contributed by atoms with E-state index >= 15 is 0 Å². The number of fused-ring (bicyclic) bond motifs is 1. The predicted octanol–water partition coefficient (Wildman–Crippen LogP) is 4.83. The van der Waals surface area contributed by atoms with Crippen LogP contribution in [0.15, 0.2) is 34.7 Å². The number of hydrogen-bond acceptors (Lipinski definition) is 6. The number of aryl methyl sites for hydroxylation is 2. The molecule has 0 radical (unpaired) electrons. The monoisotopic (exact) mass is 455 g/mol. The largest absolute Gasteiger partial charge is 0.385 e. The molecule has 162 valence electrons. The minimum atomic E-state index is -0.172. The number of carbonyl (C=O) groups is 1. The first-order chi connectivity index (χ1) is 14.9. The van der Waals surface area contributed by atoms with Gasteiger partial charge in [-0.25, -0.2) is 4.98 Å². The van der Waals surface area contributed by atoms with Gasteiger partial charge >= 0.3 is 0 Å². The van der Waals surface area contributed by atoms with Gasteiger partial charge in [0.1, 0.15) is 4.83 Å². The topological polar surface area (TPSA) is 66.1 Å². The molecule has 0 atom stereocenters. The first kappa shape index (κ1) is 21.7. The molecule has 0 spiro atoms. The third-order valence-corrected chi connectivity index (χ3v) is 7.41. The van der Waals surface area contributed by atoms with Crippen molar-refractivity contribution in [3.05, 3.63) is 62.1 Å². The lowest BCUT2D eigenvalue weighted by molar-refractivity contribution is 0.0970. The Morgan fingerprint density at radius 1 is 1.23 bits per heavy atom. The fourth-order valence-corrected chi connectivity index (χ4v) is 5.74. The Bertz CT molecular complexity index is 1310. The Labute approximate surface area is 188 Å². The van der Waals surface area contributed by atoms with Gasteiger partial charge in [0.15, 0.2) is 5.78 Å². The van der Waals surface area contributed by atoms with Crippen molar-refractivity contribution < 1.29 is 9.53 Å². The van der Waals surface area contributed by atoms with Crippen LogP contribution in [0.3, 0.4) is 0 Å². The van der Waals surface area contributed by atoms with Crippen molar-refractivity contribution in [1.82, 2.24) is 14.1 Å². The molecule has 0 aliphatic heterocycles. The summed E-state index contributed by atoms with van der Waals surface area (Å²) in [5.74, 6) is -0.0851. The average molecular weight is 456 g/mol. The molecule has 0 saturated heterocycles. The summed E-state index contributed by atoms with van der Waals surface area (Å²) < 4.78 is 8.70. The molecule has 0 amide bonds. The summed E-state index contributed by atoms with van der Waals surface area (Å²) >= 11 is 3.11. The van der Waals surface area contributed by atoms with Crippen LogP contribution in [0, 0.1) is 20.8 Å². The van der Waals surface area contributed by atoms with Crippen LogP contribution in [0.5, 0.6) is 0 Å². The van der Waals surface area contributed by atoms with Crippen molar-refractivity contribution in [2.75, 3.05) is 13.7 Å². The first-order valence-electron chi connectivity index (χ1n) is 10.1. The van der Waals surface area contributed by atoms with E-state index in [0.29, 0.717) is 22.4 Å². The van der Waals surface area contributed by atoms with Crippen molar-refractivity contribution in [2.45, 2.75) is 40.3 Å². The van der Waals surface area contributed by atoms with Gasteiger partial charge in [0, 0.05) is 57.9 Å². The van der Waals surface area contributed by atoms with E-state index in [-0.39, 0.29) is 17.9 Å². The van der Waals surface area contributed by atoms with Crippen LogP contribution in [-0.4, -0.2) is 33.6 Å². The zero-order chi connectivity index (χ0) is 22.1. The summed E-state index contributed by atoms with van der Waals surface area (Å²) in [5.41, 5.74) is 3.33. The quantitative estimate of drug-likeness (QED) is 0.282. The standard InChI is InChI=1S/C23H25N3O3S2/c1-14-10-17(16(3)26(14)8-5-9-29-4)19(27)11-25-13-24-22-21(23(25)28)18(12-30-22)20-7-6-15(2)31-20/h6-7,10,12-13H,5,8-9,11H2,1-4H3. The van der Waals surface area contributed by atoms with E-state index in [1.54, 1.807) is 18.4 Å². The lowest BCUT2D eigenvalue weighted by Gasteiger charge is -2.09. The molecule has 4 rings (SSSR count). The van der Waals surface area contributed by atoms with Gasteiger partial charge < -0.3 is 9.30 Å². The molecule has 0 unspecified atom stereocenters. The Morgan fingerprint density at radius 3 is 2.74 bits per heavy atom. The SMILES string of the molecule is COCCCn1c(C)cc(C(=O)Cn2cnc3scc(-c4ccc(C)s4)c3c2=O)c1C. The number of rotatable bonds is 8. The van der Waals surface area contributed by atoms with Crippen LogP contribution in [0.2, 0.25) is 0 Å². The summed E-state index contributed by atoms with van der Waals surface area (Å²) in [5, 5.41) is 2.57. The van der Waals surface area contributed by atoms with E-state index < -0.39 is 0 Å². The maximum atomic E-state index is 13.3. The van der Waals surface area contributed by atoms with Gasteiger partial charge in [-0.05, 0) is 45.4 Å². The summed E-state index contributed by atoms with van der Waals surface area (Å²) in [4.78, 5) is 33.7. The van der Waals surface area contributed by atoms with E-state index in [4.69, 9.17) is 4.74 Å². The van der Waals surface area contributed by atoms with E-state index in [1.807, 2.05) is 44.4 Å². The molecule has 0 aromatic carbocycles. The highest BCUT2D eigenvalue weighted by molar-refractivity contribution is 7.19.